The molecule has 2 aliphatic rings. The molecule has 2 aromatic rings. The van der Waals surface area contributed by atoms with E-state index in [2.05, 4.69) is 28.4 Å². The van der Waals surface area contributed by atoms with Crippen molar-refractivity contribution >= 4 is 5.91 Å². The molecule has 1 amide bonds. The standard InChI is InChI=1S/C18H21N3O/c22-18-17-5-4-10-21(17)16-7-6-14(11-15(16)12-19-18)13-20-8-2-1-3-9-20/h4-7,10-11H,1-3,8-9,12-13H2,(H,19,22). The van der Waals surface area contributed by atoms with Crippen LogP contribution in [0.4, 0.5) is 0 Å². The average Bonchev–Trinajstić information content (AvgIpc) is 2.99. The minimum Gasteiger partial charge on any atom is -0.347 e. The fraction of sp³-hybridized carbons (Fsp3) is 0.389. The lowest BCUT2D eigenvalue weighted by molar-refractivity contribution is 0.0946. The van der Waals surface area contributed by atoms with Gasteiger partial charge in [-0.3, -0.25) is 9.69 Å². The molecule has 4 heteroatoms. The predicted octanol–water partition coefficient (Wildman–Crippen LogP) is 2.71. The van der Waals surface area contributed by atoms with Crippen LogP contribution in [0.3, 0.4) is 0 Å². The Morgan fingerprint density at radius 2 is 1.95 bits per heavy atom. The Hall–Kier alpha value is -2.07. The number of fused-ring (bicyclic) bond motifs is 3. The van der Waals surface area contributed by atoms with Crippen molar-refractivity contribution in [3.05, 3.63) is 53.3 Å². The molecule has 0 saturated carbocycles. The molecule has 4 rings (SSSR count). The quantitative estimate of drug-likeness (QED) is 0.925. The van der Waals surface area contributed by atoms with Crippen molar-refractivity contribution in [3.8, 4) is 5.69 Å². The van der Waals surface area contributed by atoms with Gasteiger partial charge in [0.05, 0.1) is 5.69 Å². The van der Waals surface area contributed by atoms with Crippen molar-refractivity contribution < 1.29 is 4.79 Å². The molecule has 0 spiro atoms. The number of hydrogen-bond acceptors (Lipinski definition) is 2. The molecule has 3 heterocycles. The fourth-order valence-corrected chi connectivity index (χ4v) is 3.53. The zero-order chi connectivity index (χ0) is 14.9. The van der Waals surface area contributed by atoms with Gasteiger partial charge in [-0.2, -0.15) is 0 Å². The monoisotopic (exact) mass is 295 g/mol. The smallest absolute Gasteiger partial charge is 0.268 e. The van der Waals surface area contributed by atoms with Crippen LogP contribution in [0.1, 0.15) is 40.9 Å². The van der Waals surface area contributed by atoms with Crippen LogP contribution in [-0.4, -0.2) is 28.5 Å². The van der Waals surface area contributed by atoms with Crippen molar-refractivity contribution in [2.75, 3.05) is 13.1 Å². The Bertz CT molecular complexity index is 698. The molecular weight excluding hydrogens is 274 g/mol. The zero-order valence-corrected chi connectivity index (χ0v) is 12.7. The average molecular weight is 295 g/mol. The van der Waals surface area contributed by atoms with Crippen LogP contribution in [0, 0.1) is 0 Å². The first-order valence-corrected chi connectivity index (χ1v) is 8.11. The lowest BCUT2D eigenvalue weighted by atomic mass is 10.1. The van der Waals surface area contributed by atoms with Crippen LogP contribution in [0.5, 0.6) is 0 Å². The van der Waals surface area contributed by atoms with Crippen LogP contribution < -0.4 is 5.32 Å². The number of nitrogens with zero attached hydrogens (tertiary/aromatic N) is 2. The van der Waals surface area contributed by atoms with E-state index in [0.29, 0.717) is 12.2 Å². The van der Waals surface area contributed by atoms with E-state index < -0.39 is 0 Å². The van der Waals surface area contributed by atoms with Gasteiger partial charge in [-0.25, -0.2) is 0 Å². The van der Waals surface area contributed by atoms with Gasteiger partial charge in [0, 0.05) is 19.3 Å². The lowest BCUT2D eigenvalue weighted by Crippen LogP contribution is -2.29. The Balaban J connectivity index is 1.64. The van der Waals surface area contributed by atoms with Gasteiger partial charge in [0.2, 0.25) is 0 Å². The number of benzene rings is 1. The van der Waals surface area contributed by atoms with E-state index in [1.807, 2.05) is 22.9 Å². The second kappa shape index (κ2) is 5.61. The number of amides is 1. The summed E-state index contributed by atoms with van der Waals surface area (Å²) in [7, 11) is 0. The van der Waals surface area contributed by atoms with Crippen molar-refractivity contribution in [2.45, 2.75) is 32.4 Å². The Labute approximate surface area is 130 Å². The maximum Gasteiger partial charge on any atom is 0.268 e. The molecule has 0 atom stereocenters. The maximum absolute atomic E-state index is 12.1. The van der Waals surface area contributed by atoms with Gasteiger partial charge in [-0.05, 0) is 55.3 Å². The van der Waals surface area contributed by atoms with E-state index in [9.17, 15) is 4.79 Å². The molecule has 1 aromatic carbocycles. The van der Waals surface area contributed by atoms with E-state index in [1.165, 1.54) is 43.5 Å². The van der Waals surface area contributed by atoms with E-state index in [-0.39, 0.29) is 5.91 Å². The molecule has 1 fully saturated rings. The second-order valence-electron chi connectivity index (χ2n) is 6.25. The van der Waals surface area contributed by atoms with E-state index in [4.69, 9.17) is 0 Å². The molecule has 0 radical (unpaired) electrons. The summed E-state index contributed by atoms with van der Waals surface area (Å²) in [6.07, 6.45) is 5.95. The summed E-state index contributed by atoms with van der Waals surface area (Å²) in [6.45, 7) is 4.02. The van der Waals surface area contributed by atoms with Crippen LogP contribution in [0.15, 0.2) is 36.5 Å². The third-order valence-corrected chi connectivity index (χ3v) is 4.68. The van der Waals surface area contributed by atoms with Gasteiger partial charge in [0.1, 0.15) is 5.69 Å². The van der Waals surface area contributed by atoms with Crippen molar-refractivity contribution in [1.29, 1.82) is 0 Å². The van der Waals surface area contributed by atoms with Crippen LogP contribution in [-0.2, 0) is 13.1 Å². The maximum atomic E-state index is 12.1. The highest BCUT2D eigenvalue weighted by Gasteiger charge is 2.19. The Kier molecular flexibility index (Phi) is 3.47. The molecule has 114 valence electrons. The number of carbonyl (C=O) groups excluding carboxylic acids is 1. The first kappa shape index (κ1) is 13.6. The van der Waals surface area contributed by atoms with Crippen LogP contribution in [0.25, 0.3) is 5.69 Å². The molecular formula is C18H21N3O. The molecule has 0 aliphatic carbocycles. The highest BCUT2D eigenvalue weighted by atomic mass is 16.1. The summed E-state index contributed by atoms with van der Waals surface area (Å²) >= 11 is 0. The predicted molar refractivity (Wildman–Crippen MR) is 86.1 cm³/mol. The first-order valence-electron chi connectivity index (χ1n) is 8.11. The summed E-state index contributed by atoms with van der Waals surface area (Å²) in [5.41, 5.74) is 4.35. The first-order chi connectivity index (χ1) is 10.8. The molecule has 4 nitrogen and oxygen atoms in total. The zero-order valence-electron chi connectivity index (χ0n) is 12.7. The fourth-order valence-electron chi connectivity index (χ4n) is 3.53. The third kappa shape index (κ3) is 2.44. The molecule has 1 aromatic heterocycles. The highest BCUT2D eigenvalue weighted by Crippen LogP contribution is 2.23. The number of aromatic nitrogens is 1. The molecule has 22 heavy (non-hydrogen) atoms. The van der Waals surface area contributed by atoms with Gasteiger partial charge in [-0.15, -0.1) is 0 Å². The van der Waals surface area contributed by atoms with Crippen molar-refractivity contribution in [3.63, 3.8) is 0 Å². The number of hydrogen-bond donors (Lipinski definition) is 1. The number of piperidine rings is 1. The SMILES string of the molecule is O=C1NCc2cc(CN3CCCCC3)ccc2-n2cccc21. The highest BCUT2D eigenvalue weighted by molar-refractivity contribution is 5.94. The summed E-state index contributed by atoms with van der Waals surface area (Å²) in [4.78, 5) is 14.6. The van der Waals surface area contributed by atoms with E-state index >= 15 is 0 Å². The van der Waals surface area contributed by atoms with Gasteiger partial charge in [0.15, 0.2) is 0 Å². The summed E-state index contributed by atoms with van der Waals surface area (Å²) < 4.78 is 1.99. The lowest BCUT2D eigenvalue weighted by Gasteiger charge is -2.26. The minimum absolute atomic E-state index is 0.00113. The molecule has 0 unspecified atom stereocenters. The summed E-state index contributed by atoms with van der Waals surface area (Å²) in [5, 5.41) is 3.00. The number of nitrogens with one attached hydrogen (secondary N) is 1. The van der Waals surface area contributed by atoms with E-state index in [1.54, 1.807) is 0 Å². The summed E-state index contributed by atoms with van der Waals surface area (Å²) in [6, 6.07) is 10.4. The van der Waals surface area contributed by atoms with Crippen molar-refractivity contribution in [1.82, 2.24) is 14.8 Å². The van der Waals surface area contributed by atoms with Crippen LogP contribution >= 0.6 is 0 Å². The second-order valence-corrected chi connectivity index (χ2v) is 6.25. The minimum atomic E-state index is -0.00113. The Morgan fingerprint density at radius 1 is 1.09 bits per heavy atom. The molecule has 1 N–H and O–H groups in total. The van der Waals surface area contributed by atoms with Gasteiger partial charge >= 0.3 is 0 Å². The van der Waals surface area contributed by atoms with Gasteiger partial charge in [-0.1, -0.05) is 18.6 Å². The largest absolute Gasteiger partial charge is 0.347 e. The Morgan fingerprint density at radius 3 is 2.82 bits per heavy atom. The summed E-state index contributed by atoms with van der Waals surface area (Å²) in [5.74, 6) is -0.00113. The van der Waals surface area contributed by atoms with Crippen LogP contribution in [0.2, 0.25) is 0 Å². The third-order valence-electron chi connectivity index (χ3n) is 4.68. The topological polar surface area (TPSA) is 37.3 Å². The number of likely N-dealkylation sites (tertiary alicyclic amines) is 1. The van der Waals surface area contributed by atoms with Gasteiger partial charge in [0.25, 0.3) is 5.91 Å². The molecule has 0 bridgehead atoms. The molecule has 2 aliphatic heterocycles. The number of carbonyl (C=O) groups is 1. The molecule has 1 saturated heterocycles. The number of rotatable bonds is 2. The van der Waals surface area contributed by atoms with Crippen molar-refractivity contribution in [2.24, 2.45) is 0 Å². The van der Waals surface area contributed by atoms with E-state index in [0.717, 1.165) is 12.2 Å². The van der Waals surface area contributed by atoms with Gasteiger partial charge < -0.3 is 9.88 Å². The normalized spacial score (nSPS) is 18.3.